The van der Waals surface area contributed by atoms with Crippen molar-refractivity contribution in [2.75, 3.05) is 11.4 Å². The number of halogens is 1. The first kappa shape index (κ1) is 12.7. The lowest BCUT2D eigenvalue weighted by Crippen LogP contribution is -2.33. The van der Waals surface area contributed by atoms with Crippen molar-refractivity contribution in [1.29, 1.82) is 0 Å². The van der Waals surface area contributed by atoms with Crippen molar-refractivity contribution in [2.24, 2.45) is 0 Å². The molecular weight excluding hydrogens is 234 g/mol. The van der Waals surface area contributed by atoms with Crippen LogP contribution in [-0.2, 0) is 6.61 Å². The predicted octanol–water partition coefficient (Wildman–Crippen LogP) is 3.60. The summed E-state index contributed by atoms with van der Waals surface area (Å²) >= 11 is 5.97. The van der Waals surface area contributed by atoms with Crippen LogP contribution in [0, 0.1) is 0 Å². The van der Waals surface area contributed by atoms with Crippen LogP contribution in [0.3, 0.4) is 0 Å². The molecule has 1 aromatic carbocycles. The van der Waals surface area contributed by atoms with Gasteiger partial charge in [0.1, 0.15) is 0 Å². The molecule has 0 bridgehead atoms. The summed E-state index contributed by atoms with van der Waals surface area (Å²) in [4.78, 5) is 2.41. The maximum atomic E-state index is 9.44. The second kappa shape index (κ2) is 5.74. The lowest BCUT2D eigenvalue weighted by Gasteiger charge is -2.31. The van der Waals surface area contributed by atoms with E-state index in [-0.39, 0.29) is 6.61 Å². The molecule has 0 atom stereocenters. The second-order valence-corrected chi connectivity index (χ2v) is 5.09. The minimum absolute atomic E-state index is 0.0547. The van der Waals surface area contributed by atoms with E-state index in [0.717, 1.165) is 17.8 Å². The molecule has 0 aliphatic heterocycles. The summed E-state index contributed by atoms with van der Waals surface area (Å²) in [5.41, 5.74) is 2.08. The minimum Gasteiger partial charge on any atom is -0.392 e. The van der Waals surface area contributed by atoms with Crippen molar-refractivity contribution in [3.8, 4) is 0 Å². The Labute approximate surface area is 108 Å². The summed E-state index contributed by atoms with van der Waals surface area (Å²) in [6, 6.07) is 6.45. The van der Waals surface area contributed by atoms with Crippen LogP contribution in [0.15, 0.2) is 18.2 Å². The molecule has 1 N–H and O–H groups in total. The zero-order chi connectivity index (χ0) is 12.3. The van der Waals surface area contributed by atoms with E-state index in [1.54, 1.807) is 0 Å². The molecular formula is C14H20ClNO. The zero-order valence-electron chi connectivity index (χ0n) is 10.3. The van der Waals surface area contributed by atoms with Gasteiger partial charge in [0.2, 0.25) is 0 Å². The van der Waals surface area contributed by atoms with Crippen molar-refractivity contribution < 1.29 is 5.11 Å². The van der Waals surface area contributed by atoms with Crippen LogP contribution in [-0.4, -0.2) is 17.7 Å². The van der Waals surface area contributed by atoms with E-state index in [1.165, 1.54) is 25.7 Å². The second-order valence-electron chi connectivity index (χ2n) is 4.66. The summed E-state index contributed by atoms with van der Waals surface area (Å²) in [5.74, 6) is 0. The fraction of sp³-hybridized carbons (Fsp3) is 0.571. The highest BCUT2D eigenvalue weighted by Gasteiger charge is 2.23. The average molecular weight is 254 g/mol. The Kier molecular flexibility index (Phi) is 4.30. The van der Waals surface area contributed by atoms with E-state index in [1.807, 2.05) is 18.2 Å². The molecule has 1 aliphatic carbocycles. The highest BCUT2D eigenvalue weighted by molar-refractivity contribution is 6.30. The molecule has 1 aliphatic rings. The molecule has 0 aromatic heterocycles. The zero-order valence-corrected chi connectivity index (χ0v) is 11.1. The SMILES string of the molecule is CCN(c1ccc(Cl)cc1CO)C1CCCC1. The van der Waals surface area contributed by atoms with Gasteiger partial charge in [-0.2, -0.15) is 0 Å². The largest absolute Gasteiger partial charge is 0.392 e. The number of aliphatic hydroxyl groups is 1. The molecule has 0 spiro atoms. The van der Waals surface area contributed by atoms with Crippen molar-refractivity contribution in [2.45, 2.75) is 45.3 Å². The summed E-state index contributed by atoms with van der Waals surface area (Å²) in [6.07, 6.45) is 5.18. The third-order valence-electron chi connectivity index (χ3n) is 3.63. The number of nitrogens with zero attached hydrogens (tertiary/aromatic N) is 1. The summed E-state index contributed by atoms with van der Waals surface area (Å²) in [6.45, 7) is 3.21. The van der Waals surface area contributed by atoms with Crippen LogP contribution in [0.2, 0.25) is 5.02 Å². The van der Waals surface area contributed by atoms with Gasteiger partial charge in [-0.25, -0.2) is 0 Å². The molecule has 2 rings (SSSR count). The summed E-state index contributed by atoms with van der Waals surface area (Å²) in [7, 11) is 0. The normalized spacial score (nSPS) is 16.4. The van der Waals surface area contributed by atoms with Gasteiger partial charge in [-0.3, -0.25) is 0 Å². The molecule has 0 amide bonds. The Bertz CT molecular complexity index is 374. The molecule has 3 heteroatoms. The number of rotatable bonds is 4. The van der Waals surface area contributed by atoms with Crippen molar-refractivity contribution >= 4 is 17.3 Å². The van der Waals surface area contributed by atoms with Gasteiger partial charge in [-0.1, -0.05) is 24.4 Å². The molecule has 0 saturated heterocycles. The maximum Gasteiger partial charge on any atom is 0.0702 e. The van der Waals surface area contributed by atoms with Crippen molar-refractivity contribution in [3.63, 3.8) is 0 Å². The van der Waals surface area contributed by atoms with Gasteiger partial charge in [0.05, 0.1) is 6.61 Å². The predicted molar refractivity (Wildman–Crippen MR) is 72.7 cm³/mol. The Morgan fingerprint density at radius 1 is 1.35 bits per heavy atom. The van der Waals surface area contributed by atoms with Crippen LogP contribution >= 0.6 is 11.6 Å². The van der Waals surface area contributed by atoms with Crippen LogP contribution in [0.25, 0.3) is 0 Å². The molecule has 17 heavy (non-hydrogen) atoms. The van der Waals surface area contributed by atoms with Crippen LogP contribution in [0.4, 0.5) is 5.69 Å². The smallest absolute Gasteiger partial charge is 0.0702 e. The summed E-state index contributed by atoms with van der Waals surface area (Å²) < 4.78 is 0. The van der Waals surface area contributed by atoms with Gasteiger partial charge in [0.15, 0.2) is 0 Å². The third kappa shape index (κ3) is 2.75. The van der Waals surface area contributed by atoms with Gasteiger partial charge in [-0.05, 0) is 38.0 Å². The molecule has 0 heterocycles. The monoisotopic (exact) mass is 253 g/mol. The van der Waals surface area contributed by atoms with E-state index < -0.39 is 0 Å². The topological polar surface area (TPSA) is 23.5 Å². The van der Waals surface area contributed by atoms with Gasteiger partial charge in [-0.15, -0.1) is 0 Å². The molecule has 2 nitrogen and oxygen atoms in total. The maximum absolute atomic E-state index is 9.44. The fourth-order valence-electron chi connectivity index (χ4n) is 2.80. The van der Waals surface area contributed by atoms with E-state index in [0.29, 0.717) is 11.1 Å². The molecule has 0 radical (unpaired) electrons. The number of benzene rings is 1. The third-order valence-corrected chi connectivity index (χ3v) is 3.86. The van der Waals surface area contributed by atoms with Crippen molar-refractivity contribution in [1.82, 2.24) is 0 Å². The van der Waals surface area contributed by atoms with Gasteiger partial charge in [0, 0.05) is 28.9 Å². The Balaban J connectivity index is 2.29. The van der Waals surface area contributed by atoms with E-state index in [4.69, 9.17) is 11.6 Å². The molecule has 0 unspecified atom stereocenters. The first-order valence-electron chi connectivity index (χ1n) is 6.42. The van der Waals surface area contributed by atoms with Crippen LogP contribution < -0.4 is 4.90 Å². The Morgan fingerprint density at radius 3 is 2.65 bits per heavy atom. The van der Waals surface area contributed by atoms with E-state index in [9.17, 15) is 5.11 Å². The van der Waals surface area contributed by atoms with Crippen LogP contribution in [0.1, 0.15) is 38.2 Å². The highest BCUT2D eigenvalue weighted by Crippen LogP contribution is 2.31. The lowest BCUT2D eigenvalue weighted by molar-refractivity contribution is 0.282. The first-order chi connectivity index (χ1) is 8.26. The van der Waals surface area contributed by atoms with Crippen molar-refractivity contribution in [3.05, 3.63) is 28.8 Å². The standard InChI is InChI=1S/C14H20ClNO/c1-2-16(13-5-3-4-6-13)14-8-7-12(15)9-11(14)10-17/h7-9,13,17H,2-6,10H2,1H3. The number of anilines is 1. The molecule has 94 valence electrons. The van der Waals surface area contributed by atoms with Gasteiger partial charge < -0.3 is 10.0 Å². The Morgan fingerprint density at radius 2 is 2.06 bits per heavy atom. The van der Waals surface area contributed by atoms with Gasteiger partial charge in [0.25, 0.3) is 0 Å². The van der Waals surface area contributed by atoms with E-state index in [2.05, 4.69) is 11.8 Å². The number of hydrogen-bond donors (Lipinski definition) is 1. The minimum atomic E-state index is 0.0547. The first-order valence-corrected chi connectivity index (χ1v) is 6.80. The number of hydrogen-bond acceptors (Lipinski definition) is 2. The quantitative estimate of drug-likeness (QED) is 0.886. The lowest BCUT2D eigenvalue weighted by atomic mass is 10.1. The molecule has 1 fully saturated rings. The fourth-order valence-corrected chi connectivity index (χ4v) is 3.00. The average Bonchev–Trinajstić information content (AvgIpc) is 2.85. The molecule has 1 aromatic rings. The summed E-state index contributed by atoms with van der Waals surface area (Å²) in [5, 5.41) is 10.1. The molecule has 1 saturated carbocycles. The highest BCUT2D eigenvalue weighted by atomic mass is 35.5. The van der Waals surface area contributed by atoms with Crippen LogP contribution in [0.5, 0.6) is 0 Å². The van der Waals surface area contributed by atoms with E-state index >= 15 is 0 Å². The van der Waals surface area contributed by atoms with Gasteiger partial charge >= 0.3 is 0 Å². The Hall–Kier alpha value is -0.730. The number of aliphatic hydroxyl groups excluding tert-OH is 1.